The van der Waals surface area contributed by atoms with Crippen LogP contribution in [-0.2, 0) is 18.3 Å². The van der Waals surface area contributed by atoms with E-state index in [1.807, 2.05) is 47.2 Å². The molecule has 2 amide bonds. The maximum absolute atomic E-state index is 12.8. The Labute approximate surface area is 155 Å². The SMILES string of the molecule is Cc1cc(CC(=O)N2CCCN(C(=O)c3ccccc3)CC2)c(C)n1C. The van der Waals surface area contributed by atoms with Gasteiger partial charge in [0, 0.05) is 50.2 Å². The summed E-state index contributed by atoms with van der Waals surface area (Å²) in [6.45, 7) is 6.70. The molecule has 138 valence electrons. The third-order valence-electron chi connectivity index (χ3n) is 5.38. The molecule has 0 radical (unpaired) electrons. The van der Waals surface area contributed by atoms with E-state index < -0.39 is 0 Å². The minimum atomic E-state index is 0.0504. The topological polar surface area (TPSA) is 45.6 Å². The molecule has 0 unspecified atom stereocenters. The van der Waals surface area contributed by atoms with Crippen molar-refractivity contribution in [3.05, 3.63) is 58.9 Å². The van der Waals surface area contributed by atoms with Gasteiger partial charge in [-0.3, -0.25) is 9.59 Å². The first-order valence-electron chi connectivity index (χ1n) is 9.21. The highest BCUT2D eigenvalue weighted by Gasteiger charge is 2.23. The Morgan fingerprint density at radius 1 is 0.962 bits per heavy atom. The molecule has 3 rings (SSSR count). The summed E-state index contributed by atoms with van der Waals surface area (Å²) in [5.41, 5.74) is 4.12. The summed E-state index contributed by atoms with van der Waals surface area (Å²) in [4.78, 5) is 29.1. The van der Waals surface area contributed by atoms with E-state index in [1.54, 1.807) is 0 Å². The van der Waals surface area contributed by atoms with E-state index in [0.29, 0.717) is 38.2 Å². The van der Waals surface area contributed by atoms with Crippen molar-refractivity contribution in [3.63, 3.8) is 0 Å². The van der Waals surface area contributed by atoms with Crippen molar-refractivity contribution < 1.29 is 9.59 Å². The predicted octanol–water partition coefficient (Wildman–Crippen LogP) is 2.56. The van der Waals surface area contributed by atoms with Gasteiger partial charge < -0.3 is 14.4 Å². The molecular formula is C21H27N3O2. The third kappa shape index (κ3) is 3.82. The number of benzene rings is 1. The number of nitrogens with zero attached hydrogens (tertiary/aromatic N) is 3. The van der Waals surface area contributed by atoms with Gasteiger partial charge in [0.2, 0.25) is 5.91 Å². The van der Waals surface area contributed by atoms with Crippen molar-refractivity contribution in [1.29, 1.82) is 0 Å². The van der Waals surface area contributed by atoms with Crippen molar-refractivity contribution in [3.8, 4) is 0 Å². The first-order chi connectivity index (χ1) is 12.5. The number of hydrogen-bond acceptors (Lipinski definition) is 2. The van der Waals surface area contributed by atoms with Gasteiger partial charge in [0.15, 0.2) is 0 Å². The molecule has 0 saturated carbocycles. The fourth-order valence-electron chi connectivity index (χ4n) is 3.52. The molecule has 2 heterocycles. The summed E-state index contributed by atoms with van der Waals surface area (Å²) >= 11 is 0. The lowest BCUT2D eigenvalue weighted by atomic mass is 10.1. The Morgan fingerprint density at radius 3 is 2.27 bits per heavy atom. The number of aryl methyl sites for hydroxylation is 1. The van der Waals surface area contributed by atoms with Crippen LogP contribution in [0.3, 0.4) is 0 Å². The van der Waals surface area contributed by atoms with Crippen molar-refractivity contribution in [2.45, 2.75) is 26.7 Å². The fourth-order valence-corrected chi connectivity index (χ4v) is 3.52. The number of carbonyl (C=O) groups excluding carboxylic acids is 2. The molecule has 0 atom stereocenters. The Balaban J connectivity index is 1.62. The van der Waals surface area contributed by atoms with Crippen LogP contribution in [0.5, 0.6) is 0 Å². The monoisotopic (exact) mass is 353 g/mol. The second-order valence-corrected chi connectivity index (χ2v) is 7.02. The van der Waals surface area contributed by atoms with Crippen LogP contribution in [0.2, 0.25) is 0 Å². The molecule has 1 saturated heterocycles. The van der Waals surface area contributed by atoms with Gasteiger partial charge in [0.25, 0.3) is 5.91 Å². The number of carbonyl (C=O) groups is 2. The Bertz CT molecular complexity index is 795. The Hall–Kier alpha value is -2.56. The van der Waals surface area contributed by atoms with Crippen LogP contribution < -0.4 is 0 Å². The summed E-state index contributed by atoms with van der Waals surface area (Å²) in [6.07, 6.45) is 1.25. The van der Waals surface area contributed by atoms with Crippen molar-refractivity contribution >= 4 is 11.8 Å². The molecule has 5 nitrogen and oxygen atoms in total. The second kappa shape index (κ2) is 7.77. The van der Waals surface area contributed by atoms with Gasteiger partial charge >= 0.3 is 0 Å². The average molecular weight is 353 g/mol. The average Bonchev–Trinajstić information content (AvgIpc) is 2.86. The highest BCUT2D eigenvalue weighted by molar-refractivity contribution is 5.94. The number of amides is 2. The summed E-state index contributed by atoms with van der Waals surface area (Å²) in [5, 5.41) is 0. The number of rotatable bonds is 3. The molecule has 5 heteroatoms. The second-order valence-electron chi connectivity index (χ2n) is 7.02. The van der Waals surface area contributed by atoms with Crippen molar-refractivity contribution in [2.75, 3.05) is 26.2 Å². The van der Waals surface area contributed by atoms with Crippen LogP contribution in [0, 0.1) is 13.8 Å². The van der Waals surface area contributed by atoms with E-state index in [4.69, 9.17) is 0 Å². The zero-order chi connectivity index (χ0) is 18.7. The summed E-state index contributed by atoms with van der Waals surface area (Å²) < 4.78 is 2.12. The van der Waals surface area contributed by atoms with E-state index in [9.17, 15) is 9.59 Å². The van der Waals surface area contributed by atoms with Crippen molar-refractivity contribution in [2.24, 2.45) is 7.05 Å². The van der Waals surface area contributed by atoms with Crippen LogP contribution in [-0.4, -0.2) is 52.4 Å². The lowest BCUT2D eigenvalue weighted by molar-refractivity contribution is -0.130. The Kier molecular flexibility index (Phi) is 5.45. The van der Waals surface area contributed by atoms with Gasteiger partial charge in [-0.1, -0.05) is 18.2 Å². The van der Waals surface area contributed by atoms with E-state index in [-0.39, 0.29) is 11.8 Å². The molecule has 2 aromatic rings. The molecule has 1 aliphatic rings. The molecule has 26 heavy (non-hydrogen) atoms. The summed E-state index contributed by atoms with van der Waals surface area (Å²) in [5.74, 6) is 0.196. The molecule has 1 fully saturated rings. The maximum Gasteiger partial charge on any atom is 0.253 e. The zero-order valence-electron chi connectivity index (χ0n) is 15.9. The lowest BCUT2D eigenvalue weighted by Crippen LogP contribution is -2.38. The van der Waals surface area contributed by atoms with E-state index >= 15 is 0 Å². The summed E-state index contributed by atoms with van der Waals surface area (Å²) in [7, 11) is 2.03. The minimum absolute atomic E-state index is 0.0504. The molecule has 0 aliphatic carbocycles. The van der Waals surface area contributed by atoms with Crippen LogP contribution in [0.25, 0.3) is 0 Å². The molecule has 1 aliphatic heterocycles. The normalized spacial score (nSPS) is 15.0. The van der Waals surface area contributed by atoms with Gasteiger partial charge in [0.1, 0.15) is 0 Å². The highest BCUT2D eigenvalue weighted by Crippen LogP contribution is 2.16. The molecule has 0 bridgehead atoms. The van der Waals surface area contributed by atoms with E-state index in [2.05, 4.69) is 24.5 Å². The van der Waals surface area contributed by atoms with Crippen LogP contribution >= 0.6 is 0 Å². The predicted molar refractivity (Wildman–Crippen MR) is 102 cm³/mol. The van der Waals surface area contributed by atoms with Gasteiger partial charge in [-0.2, -0.15) is 0 Å². The van der Waals surface area contributed by atoms with Crippen LogP contribution in [0.15, 0.2) is 36.4 Å². The van der Waals surface area contributed by atoms with Gasteiger partial charge in [-0.25, -0.2) is 0 Å². The van der Waals surface area contributed by atoms with Crippen LogP contribution in [0.1, 0.15) is 33.7 Å². The quantitative estimate of drug-likeness (QED) is 0.851. The zero-order valence-corrected chi connectivity index (χ0v) is 15.9. The van der Waals surface area contributed by atoms with Gasteiger partial charge in [-0.05, 0) is 44.0 Å². The lowest BCUT2D eigenvalue weighted by Gasteiger charge is -2.22. The largest absolute Gasteiger partial charge is 0.352 e. The Morgan fingerprint density at radius 2 is 1.62 bits per heavy atom. The maximum atomic E-state index is 12.8. The van der Waals surface area contributed by atoms with Gasteiger partial charge in [-0.15, -0.1) is 0 Å². The number of hydrogen-bond donors (Lipinski definition) is 0. The molecule has 0 spiro atoms. The van der Waals surface area contributed by atoms with Crippen LogP contribution in [0.4, 0.5) is 0 Å². The molecular weight excluding hydrogens is 326 g/mol. The van der Waals surface area contributed by atoms with E-state index in [0.717, 1.165) is 17.7 Å². The van der Waals surface area contributed by atoms with E-state index in [1.165, 1.54) is 5.69 Å². The minimum Gasteiger partial charge on any atom is -0.352 e. The first kappa shape index (κ1) is 18.2. The standard InChI is InChI=1S/C21H27N3O2/c1-16-14-19(17(2)22(16)3)15-20(25)23-10-7-11-24(13-12-23)21(26)18-8-5-4-6-9-18/h4-6,8-9,14H,7,10-13,15H2,1-3H3. The third-order valence-corrected chi connectivity index (χ3v) is 5.38. The molecule has 1 aromatic heterocycles. The molecule has 0 N–H and O–H groups in total. The highest BCUT2D eigenvalue weighted by atomic mass is 16.2. The summed E-state index contributed by atoms with van der Waals surface area (Å²) in [6, 6.07) is 11.5. The smallest absolute Gasteiger partial charge is 0.253 e. The first-order valence-corrected chi connectivity index (χ1v) is 9.21. The number of aromatic nitrogens is 1. The molecule has 1 aromatic carbocycles. The van der Waals surface area contributed by atoms with Gasteiger partial charge in [0.05, 0.1) is 6.42 Å². The van der Waals surface area contributed by atoms with Crippen molar-refractivity contribution in [1.82, 2.24) is 14.4 Å². The fraction of sp³-hybridized carbons (Fsp3) is 0.429.